The van der Waals surface area contributed by atoms with Gasteiger partial charge >= 0.3 is 6.09 Å². The third kappa shape index (κ3) is 3.33. The second kappa shape index (κ2) is 6.98. The van der Waals surface area contributed by atoms with Crippen LogP contribution in [-0.2, 0) is 19.3 Å². The van der Waals surface area contributed by atoms with Crippen molar-refractivity contribution >= 4 is 21.6 Å². The van der Waals surface area contributed by atoms with Gasteiger partial charge in [-0.05, 0) is 41.8 Å². The molecule has 0 unspecified atom stereocenters. The Morgan fingerprint density at radius 2 is 1.59 bits per heavy atom. The lowest BCUT2D eigenvalue weighted by Gasteiger charge is -2.25. The van der Waals surface area contributed by atoms with E-state index in [-0.39, 0.29) is 25.4 Å². The molecule has 27 heavy (non-hydrogen) atoms. The Hall–Kier alpha value is -2.38. The largest absolute Gasteiger partial charge is 0.444 e. The van der Waals surface area contributed by atoms with E-state index in [9.17, 15) is 13.2 Å². The summed E-state index contributed by atoms with van der Waals surface area (Å²) in [6.07, 6.45) is 0.416. The number of ether oxygens (including phenoxy) is 2. The van der Waals surface area contributed by atoms with Crippen molar-refractivity contribution in [3.05, 3.63) is 48.5 Å². The summed E-state index contributed by atoms with van der Waals surface area (Å²) < 4.78 is 35.1. The van der Waals surface area contributed by atoms with Gasteiger partial charge in [0.25, 0.3) is 0 Å². The van der Waals surface area contributed by atoms with Crippen molar-refractivity contribution in [1.82, 2.24) is 0 Å². The molecule has 2 saturated heterocycles. The molecule has 0 N–H and O–H groups in total. The monoisotopic (exact) mass is 387 g/mol. The maximum absolute atomic E-state index is 12.4. The number of nitrogens with zero attached hydrogens (tertiary/aromatic N) is 1. The number of rotatable bonds is 5. The van der Waals surface area contributed by atoms with Crippen LogP contribution in [-0.4, -0.2) is 45.6 Å². The number of hydrogen-bond acceptors (Lipinski definition) is 5. The highest BCUT2D eigenvalue weighted by molar-refractivity contribution is 7.92. The second-order valence-electron chi connectivity index (χ2n) is 6.80. The number of hydrogen-bond donors (Lipinski definition) is 0. The zero-order valence-corrected chi connectivity index (χ0v) is 15.8. The fourth-order valence-electron chi connectivity index (χ4n) is 3.20. The van der Waals surface area contributed by atoms with Crippen molar-refractivity contribution in [2.24, 2.45) is 0 Å². The van der Waals surface area contributed by atoms with Crippen LogP contribution < -0.4 is 4.90 Å². The lowest BCUT2D eigenvalue weighted by atomic mass is 10.1. The van der Waals surface area contributed by atoms with E-state index in [1.54, 1.807) is 29.2 Å². The molecule has 1 atom stereocenters. The van der Waals surface area contributed by atoms with Crippen LogP contribution >= 0.6 is 0 Å². The first-order chi connectivity index (χ1) is 13.0. The predicted molar refractivity (Wildman–Crippen MR) is 102 cm³/mol. The van der Waals surface area contributed by atoms with E-state index in [1.807, 2.05) is 31.2 Å². The van der Waals surface area contributed by atoms with Crippen molar-refractivity contribution in [2.75, 3.05) is 24.7 Å². The van der Waals surface area contributed by atoms with Gasteiger partial charge in [0, 0.05) is 5.69 Å². The maximum atomic E-state index is 12.4. The first kappa shape index (κ1) is 18.0. The number of amides is 1. The van der Waals surface area contributed by atoms with Gasteiger partial charge in [-0.1, -0.05) is 31.2 Å². The number of cyclic esters (lactones) is 1. The average molecular weight is 387 g/mol. The van der Waals surface area contributed by atoms with Gasteiger partial charge in [-0.2, -0.15) is 0 Å². The van der Waals surface area contributed by atoms with Crippen LogP contribution in [0.1, 0.15) is 13.3 Å². The highest BCUT2D eigenvalue weighted by Crippen LogP contribution is 2.28. The summed E-state index contributed by atoms with van der Waals surface area (Å²) in [6.45, 7) is 3.09. The molecule has 2 aliphatic heterocycles. The van der Waals surface area contributed by atoms with Crippen molar-refractivity contribution in [3.8, 4) is 11.1 Å². The first-order valence-corrected chi connectivity index (χ1v) is 10.5. The van der Waals surface area contributed by atoms with E-state index in [4.69, 9.17) is 9.47 Å². The fraction of sp³-hybridized carbons (Fsp3) is 0.350. The summed E-state index contributed by atoms with van der Waals surface area (Å²) >= 11 is 0. The number of anilines is 1. The highest BCUT2D eigenvalue weighted by atomic mass is 32.2. The van der Waals surface area contributed by atoms with Crippen molar-refractivity contribution in [3.63, 3.8) is 0 Å². The van der Waals surface area contributed by atoms with E-state index < -0.39 is 15.1 Å². The molecule has 1 amide bonds. The molecule has 2 fully saturated rings. The molecule has 2 aromatic rings. The minimum absolute atomic E-state index is 0.0623. The number of sulfone groups is 1. The molecule has 2 heterocycles. The Balaban J connectivity index is 1.52. The molecule has 0 saturated carbocycles. The third-order valence-corrected chi connectivity index (χ3v) is 7.15. The van der Waals surface area contributed by atoms with E-state index in [0.29, 0.717) is 11.4 Å². The third-order valence-electron chi connectivity index (χ3n) is 5.07. The Bertz CT molecular complexity index is 933. The minimum Gasteiger partial charge on any atom is -0.444 e. The normalized spacial score (nSPS) is 20.4. The quantitative estimate of drug-likeness (QED) is 0.787. The molecular weight excluding hydrogens is 366 g/mol. The summed E-state index contributed by atoms with van der Waals surface area (Å²) in [5.74, 6) is 0. The van der Waals surface area contributed by atoms with Crippen molar-refractivity contribution < 1.29 is 22.7 Å². The van der Waals surface area contributed by atoms with Crippen LogP contribution in [0.4, 0.5) is 10.5 Å². The SMILES string of the molecule is CC[C@H]1CN(c2ccc(-c3ccc(S(=O)(=O)C4COC4)cc3)cc2)C(=O)O1. The molecule has 6 nitrogen and oxygen atoms in total. The van der Waals surface area contributed by atoms with Gasteiger partial charge in [0.15, 0.2) is 9.84 Å². The Morgan fingerprint density at radius 3 is 2.07 bits per heavy atom. The van der Waals surface area contributed by atoms with Crippen LogP contribution in [0, 0.1) is 0 Å². The van der Waals surface area contributed by atoms with E-state index in [1.165, 1.54) is 0 Å². The van der Waals surface area contributed by atoms with Gasteiger partial charge in [0.2, 0.25) is 0 Å². The number of carbonyl (C=O) groups is 1. The lowest BCUT2D eigenvalue weighted by molar-refractivity contribution is 0.0416. The summed E-state index contributed by atoms with van der Waals surface area (Å²) in [5.41, 5.74) is 2.67. The molecule has 7 heteroatoms. The van der Waals surface area contributed by atoms with Crippen LogP contribution in [0.3, 0.4) is 0 Å². The first-order valence-electron chi connectivity index (χ1n) is 8.99. The van der Waals surface area contributed by atoms with E-state index in [2.05, 4.69) is 0 Å². The molecule has 0 bridgehead atoms. The molecule has 142 valence electrons. The molecule has 2 aromatic carbocycles. The van der Waals surface area contributed by atoms with Crippen LogP contribution in [0.2, 0.25) is 0 Å². The molecular formula is C20H21NO5S. The van der Waals surface area contributed by atoms with Gasteiger partial charge < -0.3 is 9.47 Å². The Morgan fingerprint density at radius 1 is 1.00 bits per heavy atom. The topological polar surface area (TPSA) is 72.9 Å². The molecule has 2 aliphatic rings. The zero-order chi connectivity index (χ0) is 19.0. The Kier molecular flexibility index (Phi) is 4.65. The second-order valence-corrected chi connectivity index (χ2v) is 9.03. The van der Waals surface area contributed by atoms with Gasteiger partial charge in [0.05, 0.1) is 24.7 Å². The Labute approximate surface area is 158 Å². The smallest absolute Gasteiger partial charge is 0.414 e. The van der Waals surface area contributed by atoms with E-state index >= 15 is 0 Å². The number of benzene rings is 2. The fourth-order valence-corrected chi connectivity index (χ4v) is 4.65. The highest BCUT2D eigenvalue weighted by Gasteiger charge is 2.34. The summed E-state index contributed by atoms with van der Waals surface area (Å²) in [5, 5.41) is -0.435. The van der Waals surface area contributed by atoms with Crippen molar-refractivity contribution in [2.45, 2.75) is 29.6 Å². The van der Waals surface area contributed by atoms with Gasteiger partial charge in [0.1, 0.15) is 11.4 Å². The molecule has 0 aliphatic carbocycles. The number of carbonyl (C=O) groups excluding carboxylic acids is 1. The van der Waals surface area contributed by atoms with Crippen LogP contribution in [0.25, 0.3) is 11.1 Å². The zero-order valence-electron chi connectivity index (χ0n) is 15.0. The molecule has 0 radical (unpaired) electrons. The van der Waals surface area contributed by atoms with Crippen LogP contribution in [0.5, 0.6) is 0 Å². The van der Waals surface area contributed by atoms with Crippen molar-refractivity contribution in [1.29, 1.82) is 0 Å². The average Bonchev–Trinajstić information content (AvgIpc) is 3.01. The van der Waals surface area contributed by atoms with Gasteiger partial charge in [-0.15, -0.1) is 0 Å². The lowest BCUT2D eigenvalue weighted by Crippen LogP contribution is -2.40. The van der Waals surface area contributed by atoms with Crippen LogP contribution in [0.15, 0.2) is 53.4 Å². The van der Waals surface area contributed by atoms with Gasteiger partial charge in [-0.3, -0.25) is 4.90 Å². The molecule has 0 spiro atoms. The van der Waals surface area contributed by atoms with Gasteiger partial charge in [-0.25, -0.2) is 13.2 Å². The summed E-state index contributed by atoms with van der Waals surface area (Å²) in [7, 11) is -3.32. The van der Waals surface area contributed by atoms with E-state index in [0.717, 1.165) is 23.2 Å². The summed E-state index contributed by atoms with van der Waals surface area (Å²) in [6, 6.07) is 14.5. The molecule has 0 aromatic heterocycles. The predicted octanol–water partition coefficient (Wildman–Crippen LogP) is 3.26. The standard InChI is InChI=1S/C20H21NO5S/c1-2-17-11-21(20(22)26-17)16-7-3-14(4-8-16)15-5-9-18(10-6-15)27(23,24)19-12-25-13-19/h3-10,17,19H,2,11-13H2,1H3/t17-/m0/s1. The maximum Gasteiger partial charge on any atom is 0.414 e. The minimum atomic E-state index is -3.32. The molecule has 4 rings (SSSR count). The summed E-state index contributed by atoms with van der Waals surface area (Å²) in [4.78, 5) is 13.9.